The van der Waals surface area contributed by atoms with Crippen molar-refractivity contribution in [2.24, 2.45) is 5.92 Å². The van der Waals surface area contributed by atoms with Crippen LogP contribution in [-0.4, -0.2) is 26.0 Å². The summed E-state index contributed by atoms with van der Waals surface area (Å²) in [5.41, 5.74) is 0. The lowest BCUT2D eigenvalue weighted by Crippen LogP contribution is -2.24. The van der Waals surface area contributed by atoms with Gasteiger partial charge in [-0.2, -0.15) is 0 Å². The van der Waals surface area contributed by atoms with Crippen LogP contribution in [0.25, 0.3) is 0 Å². The van der Waals surface area contributed by atoms with E-state index in [4.69, 9.17) is 5.11 Å². The van der Waals surface area contributed by atoms with Crippen LogP contribution in [0.5, 0.6) is 0 Å². The van der Waals surface area contributed by atoms with Gasteiger partial charge >= 0.3 is 5.97 Å². The molecule has 0 bridgehead atoms. The minimum absolute atomic E-state index is 0.147. The maximum atomic E-state index is 11.9. The Bertz CT molecular complexity index is 505. The summed E-state index contributed by atoms with van der Waals surface area (Å²) in [5, 5.41) is 8.62. The average molecular weight is 291 g/mol. The molecule has 0 saturated heterocycles. The van der Waals surface area contributed by atoms with Crippen LogP contribution in [0.1, 0.15) is 25.1 Å². The number of aliphatic carboxylic acids is 1. The van der Waals surface area contributed by atoms with Crippen molar-refractivity contribution in [1.29, 1.82) is 0 Å². The van der Waals surface area contributed by atoms with Crippen LogP contribution < -0.4 is 4.72 Å². The molecule has 0 fully saturated rings. The maximum Gasteiger partial charge on any atom is 0.308 e. The fraction of sp³-hybridized carbons (Fsp3) is 0.545. The molecule has 102 valence electrons. The standard InChI is InChI=1S/C11H17NO4S2/c1-8(2)5-6-12-18(15,16)11-4-3-9(17-11)7-10(13)14/h3-4,8,12H,5-7H2,1-2H3,(H,13,14). The van der Waals surface area contributed by atoms with Gasteiger partial charge in [0, 0.05) is 11.4 Å². The second-order valence-electron chi connectivity index (χ2n) is 4.37. The molecule has 0 aliphatic rings. The van der Waals surface area contributed by atoms with Gasteiger partial charge in [-0.15, -0.1) is 11.3 Å². The quantitative estimate of drug-likeness (QED) is 0.801. The number of carbonyl (C=O) groups is 1. The third kappa shape index (κ3) is 4.75. The molecule has 0 aliphatic heterocycles. The maximum absolute atomic E-state index is 11.9. The fourth-order valence-corrected chi connectivity index (χ4v) is 3.74. The van der Waals surface area contributed by atoms with Gasteiger partial charge in [0.25, 0.3) is 0 Å². The molecule has 5 nitrogen and oxygen atoms in total. The highest BCUT2D eigenvalue weighted by Gasteiger charge is 2.17. The number of sulfonamides is 1. The molecule has 18 heavy (non-hydrogen) atoms. The molecule has 0 amide bonds. The largest absolute Gasteiger partial charge is 0.481 e. The third-order valence-corrected chi connectivity index (χ3v) is 5.28. The van der Waals surface area contributed by atoms with Crippen LogP contribution in [0.2, 0.25) is 0 Å². The summed E-state index contributed by atoms with van der Waals surface area (Å²) >= 11 is 0.996. The second-order valence-corrected chi connectivity index (χ2v) is 7.53. The minimum Gasteiger partial charge on any atom is -0.481 e. The molecule has 0 atom stereocenters. The van der Waals surface area contributed by atoms with Crippen molar-refractivity contribution in [2.75, 3.05) is 6.54 Å². The smallest absolute Gasteiger partial charge is 0.308 e. The van der Waals surface area contributed by atoms with Crippen molar-refractivity contribution in [3.63, 3.8) is 0 Å². The zero-order valence-corrected chi connectivity index (χ0v) is 12.0. The lowest BCUT2D eigenvalue weighted by atomic mass is 10.1. The summed E-state index contributed by atoms with van der Waals surface area (Å²) in [6.07, 6.45) is 0.624. The van der Waals surface area contributed by atoms with Crippen molar-refractivity contribution in [2.45, 2.75) is 30.9 Å². The monoisotopic (exact) mass is 291 g/mol. The topological polar surface area (TPSA) is 83.5 Å². The van der Waals surface area contributed by atoms with E-state index in [-0.39, 0.29) is 10.6 Å². The molecule has 1 aromatic heterocycles. The first-order valence-corrected chi connectivity index (χ1v) is 7.91. The van der Waals surface area contributed by atoms with Crippen LogP contribution in [0.15, 0.2) is 16.3 Å². The van der Waals surface area contributed by atoms with Crippen LogP contribution in [0, 0.1) is 5.92 Å². The first kappa shape index (κ1) is 15.1. The van der Waals surface area contributed by atoms with E-state index in [2.05, 4.69) is 4.72 Å². The first-order valence-electron chi connectivity index (χ1n) is 5.61. The molecule has 1 heterocycles. The summed E-state index contributed by atoms with van der Waals surface area (Å²) in [6.45, 7) is 4.43. The molecule has 0 aliphatic carbocycles. The lowest BCUT2D eigenvalue weighted by Gasteiger charge is -2.06. The van der Waals surface area contributed by atoms with Gasteiger partial charge in [0.1, 0.15) is 4.21 Å². The number of carboxylic acids is 1. The Morgan fingerprint density at radius 2 is 2.11 bits per heavy atom. The molecule has 0 radical (unpaired) electrons. The highest BCUT2D eigenvalue weighted by atomic mass is 32.2. The Morgan fingerprint density at radius 3 is 2.67 bits per heavy atom. The van der Waals surface area contributed by atoms with Crippen molar-refractivity contribution < 1.29 is 18.3 Å². The van der Waals surface area contributed by atoms with E-state index >= 15 is 0 Å². The van der Waals surface area contributed by atoms with E-state index in [1.165, 1.54) is 12.1 Å². The van der Waals surface area contributed by atoms with E-state index in [1.54, 1.807) is 0 Å². The molecule has 7 heteroatoms. The second kappa shape index (κ2) is 6.31. The Hall–Kier alpha value is -0.920. The highest BCUT2D eigenvalue weighted by Crippen LogP contribution is 2.21. The van der Waals surface area contributed by atoms with Crippen molar-refractivity contribution in [3.05, 3.63) is 17.0 Å². The number of rotatable bonds is 7. The average Bonchev–Trinajstić information content (AvgIpc) is 2.64. The first-order chi connectivity index (χ1) is 8.31. The zero-order valence-electron chi connectivity index (χ0n) is 10.3. The summed E-state index contributed by atoms with van der Waals surface area (Å²) in [5.74, 6) is -0.535. The van der Waals surface area contributed by atoms with Gasteiger partial charge in [-0.05, 0) is 24.5 Å². The predicted molar refractivity (Wildman–Crippen MR) is 70.3 cm³/mol. The van der Waals surface area contributed by atoms with E-state index < -0.39 is 16.0 Å². The van der Waals surface area contributed by atoms with Gasteiger partial charge in [0.15, 0.2) is 0 Å². The molecule has 2 N–H and O–H groups in total. The number of nitrogens with one attached hydrogen (secondary N) is 1. The van der Waals surface area contributed by atoms with Gasteiger partial charge in [-0.3, -0.25) is 4.79 Å². The molecule has 1 rings (SSSR count). The molecule has 0 unspecified atom stereocenters. The van der Waals surface area contributed by atoms with Gasteiger partial charge in [-0.25, -0.2) is 13.1 Å². The third-order valence-electron chi connectivity index (χ3n) is 2.24. The van der Waals surface area contributed by atoms with Crippen LogP contribution in [0.4, 0.5) is 0 Å². The van der Waals surface area contributed by atoms with E-state index in [0.717, 1.165) is 17.8 Å². The van der Waals surface area contributed by atoms with Gasteiger partial charge in [0.05, 0.1) is 6.42 Å². The van der Waals surface area contributed by atoms with Gasteiger partial charge in [-0.1, -0.05) is 13.8 Å². The summed E-state index contributed by atoms with van der Waals surface area (Å²) in [6, 6.07) is 2.98. The number of hydrogen-bond acceptors (Lipinski definition) is 4. The van der Waals surface area contributed by atoms with Crippen LogP contribution in [-0.2, 0) is 21.2 Å². The minimum atomic E-state index is -3.50. The van der Waals surface area contributed by atoms with Gasteiger partial charge < -0.3 is 5.11 Å². The molecular formula is C11H17NO4S2. The predicted octanol–water partition coefficient (Wildman–Crippen LogP) is 1.70. The SMILES string of the molecule is CC(C)CCNS(=O)(=O)c1ccc(CC(=O)O)s1. The number of thiophene rings is 1. The Balaban J connectivity index is 2.67. The lowest BCUT2D eigenvalue weighted by molar-refractivity contribution is -0.136. The van der Waals surface area contributed by atoms with Crippen LogP contribution >= 0.6 is 11.3 Å². The normalized spacial score (nSPS) is 11.9. The molecule has 0 spiro atoms. The fourth-order valence-electron chi connectivity index (χ4n) is 1.30. The Kier molecular flexibility index (Phi) is 5.30. The summed E-state index contributed by atoms with van der Waals surface area (Å²) in [4.78, 5) is 11.1. The molecule has 1 aromatic rings. The highest BCUT2D eigenvalue weighted by molar-refractivity contribution is 7.91. The number of carboxylic acid groups (broad SMARTS) is 1. The number of hydrogen-bond donors (Lipinski definition) is 2. The molecule has 0 aromatic carbocycles. The van der Waals surface area contributed by atoms with Gasteiger partial charge in [0.2, 0.25) is 10.0 Å². The summed E-state index contributed by atoms with van der Waals surface area (Å²) < 4.78 is 26.4. The molecule has 0 saturated carbocycles. The zero-order chi connectivity index (χ0) is 13.8. The van der Waals surface area contributed by atoms with E-state index in [9.17, 15) is 13.2 Å². The molecular weight excluding hydrogens is 274 g/mol. The van der Waals surface area contributed by atoms with Crippen molar-refractivity contribution >= 4 is 27.3 Å². The summed E-state index contributed by atoms with van der Waals surface area (Å²) in [7, 11) is -3.50. The van der Waals surface area contributed by atoms with E-state index in [0.29, 0.717) is 17.3 Å². The van der Waals surface area contributed by atoms with Crippen molar-refractivity contribution in [3.8, 4) is 0 Å². The van der Waals surface area contributed by atoms with E-state index in [1.807, 2.05) is 13.8 Å². The Labute approximate surface area is 111 Å². The van der Waals surface area contributed by atoms with Crippen molar-refractivity contribution in [1.82, 2.24) is 4.72 Å². The van der Waals surface area contributed by atoms with Crippen LogP contribution in [0.3, 0.4) is 0 Å². The Morgan fingerprint density at radius 1 is 1.44 bits per heavy atom.